The maximum Gasteiger partial charge on any atom is 0.421 e. The molecule has 0 radical (unpaired) electrons. The van der Waals surface area contributed by atoms with Gasteiger partial charge < -0.3 is 0 Å². The van der Waals surface area contributed by atoms with Crippen molar-refractivity contribution in [3.63, 3.8) is 0 Å². The van der Waals surface area contributed by atoms with E-state index in [0.29, 0.717) is 0 Å². The monoisotopic (exact) mass is 169 g/mol. The summed E-state index contributed by atoms with van der Waals surface area (Å²) in [5.41, 5.74) is -2.00. The van der Waals surface area contributed by atoms with Gasteiger partial charge in [0.2, 0.25) is 6.17 Å². The third-order valence-corrected chi connectivity index (χ3v) is 1.21. The molecule has 64 valence electrons. The first-order valence-electron chi connectivity index (χ1n) is 2.84. The highest BCUT2D eigenvalue weighted by atomic mass is 19.4. The molecule has 11 heavy (non-hydrogen) atoms. The molecular formula is C6H7F4N. The molecule has 0 fully saturated rings. The lowest BCUT2D eigenvalue weighted by atomic mass is 9.89. The van der Waals surface area contributed by atoms with E-state index in [-0.39, 0.29) is 0 Å². The lowest BCUT2D eigenvalue weighted by Gasteiger charge is -2.22. The first-order chi connectivity index (χ1) is 4.72. The Morgan fingerprint density at radius 1 is 1.27 bits per heavy atom. The second-order valence-electron chi connectivity index (χ2n) is 2.74. The molecule has 0 rings (SSSR count). The van der Waals surface area contributed by atoms with Gasteiger partial charge in [-0.05, 0) is 13.8 Å². The van der Waals surface area contributed by atoms with Crippen LogP contribution in [0.1, 0.15) is 13.8 Å². The van der Waals surface area contributed by atoms with Crippen LogP contribution in [0.4, 0.5) is 17.6 Å². The molecule has 0 amide bonds. The highest BCUT2D eigenvalue weighted by Crippen LogP contribution is 2.35. The molecular weight excluding hydrogens is 162 g/mol. The van der Waals surface area contributed by atoms with E-state index in [1.807, 2.05) is 0 Å². The molecule has 0 aromatic heterocycles. The van der Waals surface area contributed by atoms with E-state index in [1.165, 1.54) is 6.07 Å². The average molecular weight is 169 g/mol. The maximum absolute atomic E-state index is 12.3. The normalized spacial score (nSPS) is 15.7. The van der Waals surface area contributed by atoms with Crippen LogP contribution in [0.5, 0.6) is 0 Å². The molecule has 0 aromatic carbocycles. The zero-order valence-corrected chi connectivity index (χ0v) is 6.04. The first kappa shape index (κ1) is 10.2. The number of nitriles is 1. The van der Waals surface area contributed by atoms with E-state index >= 15 is 0 Å². The topological polar surface area (TPSA) is 23.8 Å². The fourth-order valence-electron chi connectivity index (χ4n) is 0.466. The van der Waals surface area contributed by atoms with Crippen LogP contribution in [0.15, 0.2) is 0 Å². The molecule has 0 bridgehead atoms. The van der Waals surface area contributed by atoms with Gasteiger partial charge in [0.25, 0.3) is 0 Å². The van der Waals surface area contributed by atoms with E-state index in [0.717, 1.165) is 13.8 Å². The molecule has 0 saturated heterocycles. The Labute approximate surface area is 61.6 Å². The summed E-state index contributed by atoms with van der Waals surface area (Å²) in [5.74, 6) is 0. The van der Waals surface area contributed by atoms with Crippen molar-refractivity contribution in [1.29, 1.82) is 5.26 Å². The van der Waals surface area contributed by atoms with Crippen LogP contribution in [-0.4, -0.2) is 12.3 Å². The number of nitrogens with zero attached hydrogens (tertiary/aromatic N) is 1. The molecule has 0 aromatic rings. The van der Waals surface area contributed by atoms with Gasteiger partial charge in [-0.1, -0.05) is 0 Å². The minimum atomic E-state index is -4.95. The maximum atomic E-state index is 12.3. The van der Waals surface area contributed by atoms with Crippen LogP contribution in [0, 0.1) is 16.7 Å². The molecule has 0 aliphatic carbocycles. The van der Waals surface area contributed by atoms with Crippen molar-refractivity contribution < 1.29 is 17.6 Å². The van der Waals surface area contributed by atoms with Crippen molar-refractivity contribution in [2.75, 3.05) is 0 Å². The predicted molar refractivity (Wildman–Crippen MR) is 30.3 cm³/mol. The van der Waals surface area contributed by atoms with E-state index in [2.05, 4.69) is 0 Å². The third-order valence-electron chi connectivity index (χ3n) is 1.21. The predicted octanol–water partition coefficient (Wildman–Crippen LogP) is 2.44. The van der Waals surface area contributed by atoms with Crippen LogP contribution in [-0.2, 0) is 0 Å². The largest absolute Gasteiger partial charge is 0.421 e. The van der Waals surface area contributed by atoms with Crippen molar-refractivity contribution in [2.45, 2.75) is 26.2 Å². The fourth-order valence-corrected chi connectivity index (χ4v) is 0.466. The van der Waals surface area contributed by atoms with Crippen molar-refractivity contribution in [3.05, 3.63) is 0 Å². The van der Waals surface area contributed by atoms with Crippen molar-refractivity contribution in [1.82, 2.24) is 0 Å². The number of hydrogen-bond acceptors (Lipinski definition) is 1. The second kappa shape index (κ2) is 2.68. The molecule has 0 spiro atoms. The van der Waals surface area contributed by atoms with Crippen LogP contribution in [0.25, 0.3) is 0 Å². The molecule has 0 aliphatic heterocycles. The Bertz CT molecular complexity index is 176. The standard InChI is InChI=1S/C6H7F4N/c1-5(2,3-11)4(7)6(8,9)10/h4H,1-2H3. The molecule has 1 unspecified atom stereocenters. The van der Waals surface area contributed by atoms with E-state index in [4.69, 9.17) is 5.26 Å². The van der Waals surface area contributed by atoms with E-state index in [9.17, 15) is 17.6 Å². The first-order valence-corrected chi connectivity index (χ1v) is 2.84. The second-order valence-corrected chi connectivity index (χ2v) is 2.74. The summed E-state index contributed by atoms with van der Waals surface area (Å²) in [6.45, 7) is 1.82. The Hall–Kier alpha value is -0.790. The van der Waals surface area contributed by atoms with Gasteiger partial charge in [-0.3, -0.25) is 0 Å². The van der Waals surface area contributed by atoms with Crippen LogP contribution >= 0.6 is 0 Å². The molecule has 0 heterocycles. The summed E-state index contributed by atoms with van der Waals surface area (Å²) < 4.78 is 47.2. The van der Waals surface area contributed by atoms with Crippen LogP contribution in [0.3, 0.4) is 0 Å². The zero-order valence-electron chi connectivity index (χ0n) is 6.04. The molecule has 1 nitrogen and oxygen atoms in total. The van der Waals surface area contributed by atoms with E-state index in [1.54, 1.807) is 0 Å². The average Bonchev–Trinajstić information content (AvgIpc) is 1.84. The van der Waals surface area contributed by atoms with Crippen molar-refractivity contribution >= 4 is 0 Å². The summed E-state index contributed by atoms with van der Waals surface area (Å²) in [5, 5.41) is 8.14. The van der Waals surface area contributed by atoms with Crippen LogP contribution in [0.2, 0.25) is 0 Å². The van der Waals surface area contributed by atoms with Gasteiger partial charge in [0.1, 0.15) is 0 Å². The minimum absolute atomic E-state index is 0.908. The molecule has 0 saturated carbocycles. The summed E-state index contributed by atoms with van der Waals surface area (Å²) in [7, 11) is 0. The van der Waals surface area contributed by atoms with Crippen LogP contribution < -0.4 is 0 Å². The Balaban J connectivity index is 4.52. The van der Waals surface area contributed by atoms with E-state index < -0.39 is 17.8 Å². The highest BCUT2D eigenvalue weighted by Gasteiger charge is 2.50. The Morgan fingerprint density at radius 2 is 1.64 bits per heavy atom. The van der Waals surface area contributed by atoms with Gasteiger partial charge in [-0.2, -0.15) is 18.4 Å². The van der Waals surface area contributed by atoms with Crippen molar-refractivity contribution in [3.8, 4) is 6.07 Å². The lowest BCUT2D eigenvalue weighted by Crippen LogP contribution is -2.37. The van der Waals surface area contributed by atoms with Gasteiger partial charge in [0, 0.05) is 0 Å². The van der Waals surface area contributed by atoms with Gasteiger partial charge in [0.15, 0.2) is 0 Å². The van der Waals surface area contributed by atoms with Gasteiger partial charge in [-0.15, -0.1) is 0 Å². The Kier molecular flexibility index (Phi) is 2.49. The quantitative estimate of drug-likeness (QED) is 0.553. The zero-order chi connectivity index (χ0) is 9.28. The summed E-state index contributed by atoms with van der Waals surface area (Å²) in [6.07, 6.45) is -8.03. The lowest BCUT2D eigenvalue weighted by molar-refractivity contribution is -0.200. The molecule has 0 aliphatic rings. The third kappa shape index (κ3) is 2.37. The number of rotatable bonds is 1. The minimum Gasteiger partial charge on any atom is -0.236 e. The van der Waals surface area contributed by atoms with Gasteiger partial charge in [-0.25, -0.2) is 4.39 Å². The molecule has 5 heteroatoms. The van der Waals surface area contributed by atoms with Gasteiger partial charge in [0.05, 0.1) is 11.5 Å². The number of hydrogen-bond donors (Lipinski definition) is 0. The summed E-state index contributed by atoms with van der Waals surface area (Å²) >= 11 is 0. The number of alkyl halides is 4. The fraction of sp³-hybridized carbons (Fsp3) is 0.833. The molecule has 1 atom stereocenters. The highest BCUT2D eigenvalue weighted by molar-refractivity contribution is 4.99. The van der Waals surface area contributed by atoms with Gasteiger partial charge >= 0.3 is 6.18 Å². The Morgan fingerprint density at radius 3 is 1.73 bits per heavy atom. The summed E-state index contributed by atoms with van der Waals surface area (Å²) in [4.78, 5) is 0. The smallest absolute Gasteiger partial charge is 0.236 e. The SMILES string of the molecule is CC(C)(C#N)C(F)C(F)(F)F. The molecule has 0 N–H and O–H groups in total. The van der Waals surface area contributed by atoms with Crippen molar-refractivity contribution in [2.24, 2.45) is 5.41 Å². The number of halogens is 4. The summed E-state index contributed by atoms with van der Waals surface area (Å²) in [6, 6.07) is 1.25.